The van der Waals surface area contributed by atoms with Gasteiger partial charge < -0.3 is 4.74 Å². The summed E-state index contributed by atoms with van der Waals surface area (Å²) in [5.41, 5.74) is 3.35. The molecule has 0 spiro atoms. The molecule has 0 aliphatic carbocycles. The van der Waals surface area contributed by atoms with E-state index in [9.17, 15) is 4.39 Å². The van der Waals surface area contributed by atoms with Gasteiger partial charge in [-0.1, -0.05) is 18.5 Å². The van der Waals surface area contributed by atoms with Crippen molar-refractivity contribution in [2.45, 2.75) is 19.4 Å². The number of methoxy groups -OCH3 is 1. The third kappa shape index (κ3) is 4.24. The Hall–Kier alpha value is -0.680. The zero-order valence-electron chi connectivity index (χ0n) is 10.0. The first-order chi connectivity index (χ1) is 8.08. The van der Waals surface area contributed by atoms with Crippen molar-refractivity contribution in [1.82, 2.24) is 5.43 Å². The van der Waals surface area contributed by atoms with E-state index in [-0.39, 0.29) is 11.9 Å². The molecule has 1 aromatic carbocycles. The van der Waals surface area contributed by atoms with Crippen LogP contribution in [0.4, 0.5) is 4.39 Å². The molecule has 0 fully saturated rings. The fourth-order valence-electron chi connectivity index (χ4n) is 1.82. The van der Waals surface area contributed by atoms with Crippen LogP contribution < -0.4 is 11.3 Å². The van der Waals surface area contributed by atoms with Crippen LogP contribution in [0.1, 0.15) is 24.9 Å². The van der Waals surface area contributed by atoms with Crippen LogP contribution in [0.3, 0.4) is 0 Å². The number of ether oxygens (including phenoxy) is 1. The Kier molecular flexibility index (Phi) is 5.85. The molecule has 0 amide bonds. The van der Waals surface area contributed by atoms with Gasteiger partial charge in [-0.25, -0.2) is 4.39 Å². The van der Waals surface area contributed by atoms with Crippen LogP contribution in [-0.2, 0) is 4.74 Å². The highest BCUT2D eigenvalue weighted by molar-refractivity contribution is 6.31. The number of hydrazine groups is 1. The van der Waals surface area contributed by atoms with E-state index < -0.39 is 0 Å². The zero-order chi connectivity index (χ0) is 12.8. The summed E-state index contributed by atoms with van der Waals surface area (Å²) in [5.74, 6) is 5.49. The summed E-state index contributed by atoms with van der Waals surface area (Å²) in [5, 5.41) is 0.513. The second kappa shape index (κ2) is 6.91. The number of hydrogen-bond donors (Lipinski definition) is 2. The van der Waals surface area contributed by atoms with Gasteiger partial charge in [0.15, 0.2) is 0 Å². The molecule has 1 aromatic rings. The molecule has 5 heteroatoms. The Labute approximate surface area is 106 Å². The Morgan fingerprint density at radius 1 is 1.53 bits per heavy atom. The topological polar surface area (TPSA) is 47.3 Å². The maximum absolute atomic E-state index is 13.2. The maximum atomic E-state index is 13.2. The van der Waals surface area contributed by atoms with Gasteiger partial charge in [-0.2, -0.15) is 0 Å². The molecule has 0 saturated carbocycles. The summed E-state index contributed by atoms with van der Waals surface area (Å²) < 4.78 is 18.2. The highest BCUT2D eigenvalue weighted by Crippen LogP contribution is 2.28. The second-order valence-corrected chi connectivity index (χ2v) is 4.59. The van der Waals surface area contributed by atoms with Crippen LogP contribution in [-0.4, -0.2) is 13.7 Å². The third-order valence-electron chi connectivity index (χ3n) is 2.62. The van der Waals surface area contributed by atoms with Crippen molar-refractivity contribution in [3.63, 3.8) is 0 Å². The Balaban J connectivity index is 2.82. The van der Waals surface area contributed by atoms with Crippen LogP contribution in [0.2, 0.25) is 5.02 Å². The minimum absolute atomic E-state index is 0.177. The molecule has 17 heavy (non-hydrogen) atoms. The first-order valence-corrected chi connectivity index (χ1v) is 5.86. The molecule has 2 unspecified atom stereocenters. The molecular formula is C12H18ClFN2O. The van der Waals surface area contributed by atoms with E-state index in [1.54, 1.807) is 7.11 Å². The first kappa shape index (κ1) is 14.4. The van der Waals surface area contributed by atoms with E-state index in [1.165, 1.54) is 18.2 Å². The fraction of sp³-hybridized carbons (Fsp3) is 0.500. The van der Waals surface area contributed by atoms with Crippen molar-refractivity contribution in [3.8, 4) is 0 Å². The summed E-state index contributed by atoms with van der Waals surface area (Å²) in [6, 6.07) is 4.10. The van der Waals surface area contributed by atoms with Crippen molar-refractivity contribution in [2.75, 3.05) is 13.7 Å². The molecule has 0 aromatic heterocycles. The quantitative estimate of drug-likeness (QED) is 0.611. The molecule has 3 nitrogen and oxygen atoms in total. The van der Waals surface area contributed by atoms with Crippen LogP contribution >= 0.6 is 11.6 Å². The lowest BCUT2D eigenvalue weighted by atomic mass is 9.96. The van der Waals surface area contributed by atoms with E-state index in [4.69, 9.17) is 22.2 Å². The molecular weight excluding hydrogens is 243 g/mol. The van der Waals surface area contributed by atoms with E-state index in [0.717, 1.165) is 6.42 Å². The lowest BCUT2D eigenvalue weighted by Gasteiger charge is -2.21. The van der Waals surface area contributed by atoms with Crippen molar-refractivity contribution in [1.29, 1.82) is 0 Å². The minimum Gasteiger partial charge on any atom is -0.384 e. The van der Waals surface area contributed by atoms with E-state index >= 15 is 0 Å². The smallest absolute Gasteiger partial charge is 0.123 e. The van der Waals surface area contributed by atoms with Crippen molar-refractivity contribution >= 4 is 11.6 Å². The standard InChI is InChI=1S/C12H18ClFN2O/c1-8(7-17-2)5-12(16-15)10-6-9(14)3-4-11(10)13/h3-4,6,8,12,16H,5,7,15H2,1-2H3. The van der Waals surface area contributed by atoms with Gasteiger partial charge >= 0.3 is 0 Å². The molecule has 0 aliphatic rings. The SMILES string of the molecule is COCC(C)CC(NN)c1cc(F)ccc1Cl. The molecule has 0 aliphatic heterocycles. The van der Waals surface area contributed by atoms with Gasteiger partial charge in [-0.15, -0.1) is 0 Å². The van der Waals surface area contributed by atoms with Gasteiger partial charge in [0.1, 0.15) is 5.82 Å². The summed E-state index contributed by atoms with van der Waals surface area (Å²) in [7, 11) is 1.65. The van der Waals surface area contributed by atoms with Crippen LogP contribution in [0.25, 0.3) is 0 Å². The van der Waals surface area contributed by atoms with E-state index in [2.05, 4.69) is 5.43 Å². The number of hydrogen-bond acceptors (Lipinski definition) is 3. The molecule has 2 atom stereocenters. The molecule has 0 saturated heterocycles. The van der Waals surface area contributed by atoms with Gasteiger partial charge in [-0.3, -0.25) is 11.3 Å². The number of rotatable bonds is 6. The van der Waals surface area contributed by atoms with Crippen LogP contribution in [0.15, 0.2) is 18.2 Å². The lowest BCUT2D eigenvalue weighted by Crippen LogP contribution is -2.30. The average molecular weight is 261 g/mol. The second-order valence-electron chi connectivity index (χ2n) is 4.18. The first-order valence-electron chi connectivity index (χ1n) is 5.48. The molecule has 3 N–H and O–H groups in total. The van der Waals surface area contributed by atoms with Crippen molar-refractivity contribution < 1.29 is 9.13 Å². The molecule has 1 rings (SSSR count). The Bertz CT molecular complexity index is 362. The van der Waals surface area contributed by atoms with Gasteiger partial charge in [-0.05, 0) is 36.1 Å². The normalized spacial score (nSPS) is 14.6. The van der Waals surface area contributed by atoms with Gasteiger partial charge in [0.05, 0.1) is 0 Å². The zero-order valence-corrected chi connectivity index (χ0v) is 10.8. The van der Waals surface area contributed by atoms with E-state index in [0.29, 0.717) is 23.1 Å². The van der Waals surface area contributed by atoms with Crippen molar-refractivity contribution in [2.24, 2.45) is 11.8 Å². The molecule has 0 heterocycles. The summed E-state index contributed by atoms with van der Waals surface area (Å²) in [6.45, 7) is 2.67. The predicted molar refractivity (Wildman–Crippen MR) is 67.1 cm³/mol. The Morgan fingerprint density at radius 3 is 2.82 bits per heavy atom. The van der Waals surface area contributed by atoms with Crippen LogP contribution in [0, 0.1) is 11.7 Å². The molecule has 0 bridgehead atoms. The Morgan fingerprint density at radius 2 is 2.24 bits per heavy atom. The minimum atomic E-state index is -0.316. The number of halogens is 2. The summed E-state index contributed by atoms with van der Waals surface area (Å²) in [4.78, 5) is 0. The third-order valence-corrected chi connectivity index (χ3v) is 2.97. The highest BCUT2D eigenvalue weighted by atomic mass is 35.5. The number of nitrogens with two attached hydrogens (primary N) is 1. The number of nitrogens with one attached hydrogen (secondary N) is 1. The summed E-state index contributed by atoms with van der Waals surface area (Å²) >= 11 is 6.04. The van der Waals surface area contributed by atoms with Gasteiger partial charge in [0, 0.05) is 24.8 Å². The summed E-state index contributed by atoms with van der Waals surface area (Å²) in [6.07, 6.45) is 0.730. The number of benzene rings is 1. The maximum Gasteiger partial charge on any atom is 0.123 e. The monoisotopic (exact) mass is 260 g/mol. The largest absolute Gasteiger partial charge is 0.384 e. The molecule has 96 valence electrons. The average Bonchev–Trinajstić information content (AvgIpc) is 2.30. The van der Waals surface area contributed by atoms with E-state index in [1.807, 2.05) is 6.92 Å². The van der Waals surface area contributed by atoms with Gasteiger partial charge in [0.2, 0.25) is 0 Å². The molecule has 0 radical (unpaired) electrons. The van der Waals surface area contributed by atoms with Gasteiger partial charge in [0.25, 0.3) is 0 Å². The fourth-order valence-corrected chi connectivity index (χ4v) is 2.07. The van der Waals surface area contributed by atoms with Crippen molar-refractivity contribution in [3.05, 3.63) is 34.6 Å². The lowest BCUT2D eigenvalue weighted by molar-refractivity contribution is 0.149. The predicted octanol–water partition coefficient (Wildman–Crippen LogP) is 2.66. The highest BCUT2D eigenvalue weighted by Gasteiger charge is 2.17. The van der Waals surface area contributed by atoms with Crippen LogP contribution in [0.5, 0.6) is 0 Å².